The second kappa shape index (κ2) is 8.23. The number of hydrogen-bond acceptors (Lipinski definition) is 5. The highest BCUT2D eigenvalue weighted by Crippen LogP contribution is 2.24. The molecule has 0 saturated carbocycles. The molecule has 0 spiro atoms. The van der Waals surface area contributed by atoms with Gasteiger partial charge >= 0.3 is 6.09 Å². The summed E-state index contributed by atoms with van der Waals surface area (Å²) in [7, 11) is 1.53. The van der Waals surface area contributed by atoms with Gasteiger partial charge < -0.3 is 24.7 Å². The summed E-state index contributed by atoms with van der Waals surface area (Å²) in [5, 5.41) is 12.0. The first-order valence-electron chi connectivity index (χ1n) is 7.96. The van der Waals surface area contributed by atoms with E-state index in [0.717, 1.165) is 0 Å². The lowest BCUT2D eigenvalue weighted by atomic mass is 10.0. The normalized spacial score (nSPS) is 20.0. The smallest absolute Gasteiger partial charge is 0.409 e. The van der Waals surface area contributed by atoms with Gasteiger partial charge in [0.1, 0.15) is 11.8 Å². The lowest BCUT2D eigenvalue weighted by molar-refractivity contribution is 0.00450. The van der Waals surface area contributed by atoms with Crippen LogP contribution in [0.4, 0.5) is 4.79 Å². The van der Waals surface area contributed by atoms with Crippen LogP contribution in [-0.2, 0) is 9.47 Å². The highest BCUT2D eigenvalue weighted by atomic mass is 35.5. The van der Waals surface area contributed by atoms with Crippen molar-refractivity contribution in [2.75, 3.05) is 26.8 Å². The van der Waals surface area contributed by atoms with Crippen LogP contribution in [0.2, 0.25) is 5.02 Å². The summed E-state index contributed by atoms with van der Waals surface area (Å²) in [4.78, 5) is 28.7. The van der Waals surface area contributed by atoms with E-state index in [9.17, 15) is 9.59 Å². The highest BCUT2D eigenvalue weighted by molar-refractivity contribution is 6.35. The van der Waals surface area contributed by atoms with Crippen LogP contribution in [0.1, 0.15) is 35.1 Å². The molecule has 1 aromatic rings. The van der Waals surface area contributed by atoms with Crippen molar-refractivity contribution in [1.29, 1.82) is 5.26 Å². The first kappa shape index (κ1) is 19.1. The number of amides is 2. The molecule has 2 amide bonds. The maximum absolute atomic E-state index is 12.5. The number of nitrogens with one attached hydrogen (secondary N) is 2. The van der Waals surface area contributed by atoms with E-state index in [1.165, 1.54) is 7.11 Å². The topological polar surface area (TPSA) is 107 Å². The number of rotatable bonds is 4. The van der Waals surface area contributed by atoms with Crippen LogP contribution in [0.25, 0.3) is 0 Å². The molecule has 8 nitrogen and oxygen atoms in total. The fourth-order valence-electron chi connectivity index (χ4n) is 2.83. The monoisotopic (exact) mass is 368 g/mol. The van der Waals surface area contributed by atoms with Gasteiger partial charge in [-0.15, -0.1) is 0 Å². The minimum Gasteiger partial charge on any atom is -0.450 e. The van der Waals surface area contributed by atoms with Gasteiger partial charge in [-0.3, -0.25) is 4.79 Å². The van der Waals surface area contributed by atoms with Crippen LogP contribution >= 0.6 is 11.6 Å². The van der Waals surface area contributed by atoms with Gasteiger partial charge in [-0.2, -0.15) is 5.26 Å². The van der Waals surface area contributed by atoms with Gasteiger partial charge in [0, 0.05) is 19.3 Å². The molecule has 1 saturated heterocycles. The third kappa shape index (κ3) is 4.06. The zero-order valence-electron chi connectivity index (χ0n) is 14.4. The van der Waals surface area contributed by atoms with Crippen LogP contribution < -0.4 is 5.32 Å². The molecule has 0 radical (unpaired) electrons. The maximum Gasteiger partial charge on any atom is 0.409 e. The van der Waals surface area contributed by atoms with Crippen molar-refractivity contribution in [2.24, 2.45) is 0 Å². The summed E-state index contributed by atoms with van der Waals surface area (Å²) in [5.74, 6) is -0.411. The van der Waals surface area contributed by atoms with E-state index in [-0.39, 0.29) is 28.4 Å². The van der Waals surface area contributed by atoms with Crippen molar-refractivity contribution in [3.05, 3.63) is 22.0 Å². The predicted molar refractivity (Wildman–Crippen MR) is 90.5 cm³/mol. The Bertz CT molecular complexity index is 697. The number of piperidine rings is 1. The van der Waals surface area contributed by atoms with Crippen LogP contribution in [0.5, 0.6) is 0 Å². The quantitative estimate of drug-likeness (QED) is 0.842. The molecule has 9 heteroatoms. The highest BCUT2D eigenvalue weighted by Gasteiger charge is 2.34. The summed E-state index contributed by atoms with van der Waals surface area (Å²) in [5.41, 5.74) is 0.948. The fourth-order valence-corrected chi connectivity index (χ4v) is 3.14. The maximum atomic E-state index is 12.5. The summed E-state index contributed by atoms with van der Waals surface area (Å²) in [6.45, 7) is 4.50. The van der Waals surface area contributed by atoms with Crippen molar-refractivity contribution in [3.63, 3.8) is 0 Å². The first-order valence-corrected chi connectivity index (χ1v) is 8.34. The van der Waals surface area contributed by atoms with E-state index in [0.29, 0.717) is 31.8 Å². The van der Waals surface area contributed by atoms with E-state index in [2.05, 4.69) is 10.3 Å². The van der Waals surface area contributed by atoms with E-state index < -0.39 is 12.0 Å². The number of hydrogen-bond donors (Lipinski definition) is 2. The number of aromatic amines is 1. The number of nitrogens with zero attached hydrogens (tertiary/aromatic N) is 2. The van der Waals surface area contributed by atoms with Crippen molar-refractivity contribution in [3.8, 4) is 6.07 Å². The van der Waals surface area contributed by atoms with Gasteiger partial charge in [-0.25, -0.2) is 4.79 Å². The lowest BCUT2D eigenvalue weighted by Gasteiger charge is -2.37. The van der Waals surface area contributed by atoms with E-state index in [1.807, 2.05) is 6.07 Å². The summed E-state index contributed by atoms with van der Waals surface area (Å²) in [6.07, 6.45) is -0.241. The minimum atomic E-state index is -0.411. The average molecular weight is 369 g/mol. The molecule has 2 rings (SSSR count). The Morgan fingerprint density at radius 1 is 1.52 bits per heavy atom. The molecule has 0 bridgehead atoms. The molecule has 2 atom stereocenters. The zero-order valence-corrected chi connectivity index (χ0v) is 15.1. The Kier molecular flexibility index (Phi) is 6.28. The Morgan fingerprint density at radius 3 is 2.80 bits per heavy atom. The molecule has 2 heterocycles. The number of carbonyl (C=O) groups excluding carboxylic acids is 2. The number of ether oxygens (including phenoxy) is 2. The van der Waals surface area contributed by atoms with Gasteiger partial charge in [0.2, 0.25) is 0 Å². The van der Waals surface area contributed by atoms with E-state index >= 15 is 0 Å². The molecule has 25 heavy (non-hydrogen) atoms. The van der Waals surface area contributed by atoms with Crippen molar-refractivity contribution in [1.82, 2.24) is 15.2 Å². The molecule has 1 fully saturated rings. The lowest BCUT2D eigenvalue weighted by Crippen LogP contribution is -2.56. The number of H-pyrrole nitrogens is 1. The first-order chi connectivity index (χ1) is 11.9. The average Bonchev–Trinajstić information content (AvgIpc) is 2.89. The van der Waals surface area contributed by atoms with Crippen LogP contribution in [-0.4, -0.2) is 60.8 Å². The second-order valence-corrected chi connectivity index (χ2v) is 6.09. The Morgan fingerprint density at radius 2 is 2.24 bits per heavy atom. The minimum absolute atomic E-state index is 0.107. The molecule has 0 aliphatic carbocycles. The molecular formula is C16H21ClN4O4. The fraction of sp³-hybridized carbons (Fsp3) is 0.562. The number of halogens is 1. The van der Waals surface area contributed by atoms with Gasteiger partial charge in [0.15, 0.2) is 0 Å². The number of nitriles is 1. The molecule has 0 aromatic carbocycles. The van der Waals surface area contributed by atoms with Gasteiger partial charge in [-0.1, -0.05) is 11.6 Å². The standard InChI is InChI=1S/C16H21ClN4O4/c1-4-25-16(23)21-6-5-11(12(8-21)24-3)20-15(22)14-13(17)10(7-18)9(2)19-14/h11-12,19H,4-6,8H2,1-3H3,(H,20,22)/t11-,12+/m1/s1. The van der Waals surface area contributed by atoms with Crippen LogP contribution in [0.15, 0.2) is 0 Å². The van der Waals surface area contributed by atoms with E-state index in [1.54, 1.807) is 18.7 Å². The number of carbonyl (C=O) groups is 2. The van der Waals surface area contributed by atoms with Gasteiger partial charge in [0.05, 0.1) is 35.9 Å². The van der Waals surface area contributed by atoms with Crippen molar-refractivity contribution in [2.45, 2.75) is 32.4 Å². The third-order valence-corrected chi connectivity index (χ3v) is 4.55. The molecule has 1 aromatic heterocycles. The number of likely N-dealkylation sites (tertiary alicyclic amines) is 1. The Balaban J connectivity index is 2.06. The molecule has 2 N–H and O–H groups in total. The number of aryl methyl sites for hydroxylation is 1. The van der Waals surface area contributed by atoms with Gasteiger partial charge in [0.25, 0.3) is 5.91 Å². The molecule has 0 unspecified atom stereocenters. The summed E-state index contributed by atoms with van der Waals surface area (Å²) >= 11 is 6.10. The molecule has 1 aliphatic heterocycles. The SMILES string of the molecule is CCOC(=O)N1CC[C@@H](NC(=O)c2[nH]c(C)c(C#N)c2Cl)[C@@H](OC)C1. The number of aromatic nitrogens is 1. The Hall–Kier alpha value is -2.24. The van der Waals surface area contributed by atoms with Crippen LogP contribution in [0.3, 0.4) is 0 Å². The zero-order chi connectivity index (χ0) is 18.6. The molecule has 1 aliphatic rings. The van der Waals surface area contributed by atoms with Crippen molar-refractivity contribution < 1.29 is 19.1 Å². The largest absolute Gasteiger partial charge is 0.450 e. The third-order valence-electron chi connectivity index (χ3n) is 4.17. The second-order valence-electron chi connectivity index (χ2n) is 5.71. The predicted octanol–water partition coefficient (Wildman–Crippen LogP) is 1.82. The van der Waals surface area contributed by atoms with Crippen molar-refractivity contribution >= 4 is 23.6 Å². The molecule has 136 valence electrons. The molecular weight excluding hydrogens is 348 g/mol. The summed E-state index contributed by atoms with van der Waals surface area (Å²) < 4.78 is 10.4. The van der Waals surface area contributed by atoms with Gasteiger partial charge in [-0.05, 0) is 20.3 Å². The Labute approximate surface area is 151 Å². The summed E-state index contributed by atoms with van der Waals surface area (Å²) in [6, 6.07) is 1.68. The van der Waals surface area contributed by atoms with E-state index in [4.69, 9.17) is 26.3 Å². The van der Waals surface area contributed by atoms with Crippen LogP contribution in [0, 0.1) is 18.3 Å². The number of methoxy groups -OCH3 is 1.